The van der Waals surface area contributed by atoms with Crippen LogP contribution in [0.3, 0.4) is 0 Å². The summed E-state index contributed by atoms with van der Waals surface area (Å²) in [5, 5.41) is 3.65. The monoisotopic (exact) mass is 260 g/mol. The van der Waals surface area contributed by atoms with Crippen LogP contribution in [0.15, 0.2) is 30.3 Å². The number of hydrogen-bond acceptors (Lipinski definition) is 2. The molecule has 2 atom stereocenters. The lowest BCUT2D eigenvalue weighted by Crippen LogP contribution is -2.41. The summed E-state index contributed by atoms with van der Waals surface area (Å²) in [6.07, 6.45) is 2.76. The fraction of sp³-hybridized carbons (Fsp3) is 0.647. The predicted molar refractivity (Wildman–Crippen MR) is 82.2 cm³/mol. The van der Waals surface area contributed by atoms with E-state index in [0.717, 1.165) is 25.7 Å². The Kier molecular flexibility index (Phi) is 5.41. The van der Waals surface area contributed by atoms with Crippen molar-refractivity contribution in [2.24, 2.45) is 5.92 Å². The molecule has 0 saturated heterocycles. The van der Waals surface area contributed by atoms with Crippen LogP contribution in [0.4, 0.5) is 0 Å². The summed E-state index contributed by atoms with van der Waals surface area (Å²) < 4.78 is 0. The van der Waals surface area contributed by atoms with Crippen molar-refractivity contribution >= 4 is 0 Å². The van der Waals surface area contributed by atoms with Gasteiger partial charge < -0.3 is 5.32 Å². The summed E-state index contributed by atoms with van der Waals surface area (Å²) >= 11 is 0. The van der Waals surface area contributed by atoms with Crippen LogP contribution in [0.2, 0.25) is 0 Å². The van der Waals surface area contributed by atoms with Gasteiger partial charge in [0.25, 0.3) is 0 Å². The summed E-state index contributed by atoms with van der Waals surface area (Å²) in [5.41, 5.74) is 1.42. The number of rotatable bonds is 8. The SMILES string of the molecule is CCN(Cc1ccccc1)C(C)C(C)CNC1CC1. The van der Waals surface area contributed by atoms with Gasteiger partial charge in [0.05, 0.1) is 0 Å². The van der Waals surface area contributed by atoms with Crippen LogP contribution < -0.4 is 5.32 Å². The molecule has 106 valence electrons. The Hall–Kier alpha value is -0.860. The Labute approximate surface area is 118 Å². The molecule has 0 aliphatic heterocycles. The van der Waals surface area contributed by atoms with E-state index in [1.807, 2.05) is 0 Å². The number of nitrogens with one attached hydrogen (secondary N) is 1. The lowest BCUT2D eigenvalue weighted by Gasteiger charge is -2.32. The van der Waals surface area contributed by atoms with Crippen LogP contribution in [0.25, 0.3) is 0 Å². The second-order valence-corrected chi connectivity index (χ2v) is 5.95. The van der Waals surface area contributed by atoms with E-state index in [2.05, 4.69) is 61.3 Å². The van der Waals surface area contributed by atoms with E-state index in [4.69, 9.17) is 0 Å². The molecule has 2 heteroatoms. The van der Waals surface area contributed by atoms with Gasteiger partial charge in [0, 0.05) is 18.6 Å². The fourth-order valence-electron chi connectivity index (χ4n) is 2.53. The maximum absolute atomic E-state index is 3.65. The zero-order valence-electron chi connectivity index (χ0n) is 12.6. The zero-order chi connectivity index (χ0) is 13.7. The summed E-state index contributed by atoms with van der Waals surface area (Å²) in [6, 6.07) is 12.2. The van der Waals surface area contributed by atoms with E-state index in [1.54, 1.807) is 0 Å². The molecule has 2 unspecified atom stereocenters. The van der Waals surface area contributed by atoms with Gasteiger partial charge in [0.15, 0.2) is 0 Å². The molecular weight excluding hydrogens is 232 g/mol. The second kappa shape index (κ2) is 7.06. The molecule has 2 rings (SSSR count). The normalized spacial score (nSPS) is 18.5. The van der Waals surface area contributed by atoms with Crippen molar-refractivity contribution in [1.82, 2.24) is 10.2 Å². The predicted octanol–water partition coefficient (Wildman–Crippen LogP) is 3.29. The van der Waals surface area contributed by atoms with Crippen molar-refractivity contribution in [2.75, 3.05) is 13.1 Å². The van der Waals surface area contributed by atoms with Crippen LogP contribution >= 0.6 is 0 Å². The van der Waals surface area contributed by atoms with Gasteiger partial charge >= 0.3 is 0 Å². The van der Waals surface area contributed by atoms with Crippen LogP contribution in [0.5, 0.6) is 0 Å². The average molecular weight is 260 g/mol. The summed E-state index contributed by atoms with van der Waals surface area (Å²) in [7, 11) is 0. The first-order valence-corrected chi connectivity index (χ1v) is 7.72. The first-order chi connectivity index (χ1) is 9.20. The minimum absolute atomic E-state index is 0.622. The molecule has 0 amide bonds. The zero-order valence-corrected chi connectivity index (χ0v) is 12.6. The first-order valence-electron chi connectivity index (χ1n) is 7.72. The summed E-state index contributed by atoms with van der Waals surface area (Å²) in [6.45, 7) is 10.3. The highest BCUT2D eigenvalue weighted by Crippen LogP contribution is 2.20. The molecule has 1 aliphatic rings. The third-order valence-corrected chi connectivity index (χ3v) is 4.34. The molecule has 2 nitrogen and oxygen atoms in total. The molecule has 1 fully saturated rings. The van der Waals surface area contributed by atoms with Gasteiger partial charge in [-0.15, -0.1) is 0 Å². The lowest BCUT2D eigenvalue weighted by molar-refractivity contribution is 0.159. The minimum atomic E-state index is 0.622. The second-order valence-electron chi connectivity index (χ2n) is 5.95. The third kappa shape index (κ3) is 4.63. The topological polar surface area (TPSA) is 15.3 Å². The Morgan fingerprint density at radius 2 is 1.89 bits per heavy atom. The van der Waals surface area contributed by atoms with E-state index < -0.39 is 0 Å². The number of benzene rings is 1. The van der Waals surface area contributed by atoms with Crippen molar-refractivity contribution in [1.29, 1.82) is 0 Å². The van der Waals surface area contributed by atoms with E-state index in [-0.39, 0.29) is 0 Å². The molecule has 0 heterocycles. The van der Waals surface area contributed by atoms with Crippen LogP contribution in [0.1, 0.15) is 39.2 Å². The smallest absolute Gasteiger partial charge is 0.0236 e. The van der Waals surface area contributed by atoms with Crippen molar-refractivity contribution < 1.29 is 0 Å². The van der Waals surface area contributed by atoms with Gasteiger partial charge in [-0.25, -0.2) is 0 Å². The summed E-state index contributed by atoms with van der Waals surface area (Å²) in [4.78, 5) is 2.58. The van der Waals surface area contributed by atoms with E-state index in [9.17, 15) is 0 Å². The minimum Gasteiger partial charge on any atom is -0.314 e. The fourth-order valence-corrected chi connectivity index (χ4v) is 2.53. The van der Waals surface area contributed by atoms with Crippen molar-refractivity contribution in [3.05, 3.63) is 35.9 Å². The van der Waals surface area contributed by atoms with Crippen LogP contribution in [0, 0.1) is 5.92 Å². The Balaban J connectivity index is 1.84. The third-order valence-electron chi connectivity index (χ3n) is 4.34. The standard InChI is InChI=1S/C17H28N2/c1-4-19(13-16-8-6-5-7-9-16)15(3)14(2)12-18-17-10-11-17/h5-9,14-15,17-18H,4,10-13H2,1-3H3. The van der Waals surface area contributed by atoms with Crippen molar-refractivity contribution in [3.8, 4) is 0 Å². The highest BCUT2D eigenvalue weighted by molar-refractivity contribution is 5.14. The Morgan fingerprint density at radius 3 is 2.47 bits per heavy atom. The van der Waals surface area contributed by atoms with Crippen LogP contribution in [-0.4, -0.2) is 30.1 Å². The Morgan fingerprint density at radius 1 is 1.21 bits per heavy atom. The van der Waals surface area contributed by atoms with Gasteiger partial charge in [-0.05, 0) is 44.3 Å². The van der Waals surface area contributed by atoms with Crippen molar-refractivity contribution in [2.45, 2.75) is 52.2 Å². The lowest BCUT2D eigenvalue weighted by atomic mass is 10.0. The molecule has 0 radical (unpaired) electrons. The largest absolute Gasteiger partial charge is 0.314 e. The van der Waals surface area contributed by atoms with E-state index in [1.165, 1.54) is 18.4 Å². The van der Waals surface area contributed by atoms with Gasteiger partial charge in [-0.1, -0.05) is 44.2 Å². The van der Waals surface area contributed by atoms with Crippen LogP contribution in [-0.2, 0) is 6.54 Å². The molecule has 19 heavy (non-hydrogen) atoms. The highest BCUT2D eigenvalue weighted by atomic mass is 15.2. The molecule has 1 saturated carbocycles. The van der Waals surface area contributed by atoms with Crippen molar-refractivity contribution in [3.63, 3.8) is 0 Å². The quantitative estimate of drug-likeness (QED) is 0.771. The molecular formula is C17H28N2. The summed E-state index contributed by atoms with van der Waals surface area (Å²) in [5.74, 6) is 0.698. The highest BCUT2D eigenvalue weighted by Gasteiger charge is 2.24. The maximum atomic E-state index is 3.65. The van der Waals surface area contributed by atoms with E-state index in [0.29, 0.717) is 12.0 Å². The maximum Gasteiger partial charge on any atom is 0.0236 e. The van der Waals surface area contributed by atoms with Gasteiger partial charge in [0.1, 0.15) is 0 Å². The number of nitrogens with zero attached hydrogens (tertiary/aromatic N) is 1. The molecule has 1 aliphatic carbocycles. The average Bonchev–Trinajstić information content (AvgIpc) is 3.26. The van der Waals surface area contributed by atoms with Gasteiger partial charge in [-0.3, -0.25) is 4.90 Å². The van der Waals surface area contributed by atoms with Gasteiger partial charge in [-0.2, -0.15) is 0 Å². The van der Waals surface area contributed by atoms with E-state index >= 15 is 0 Å². The number of hydrogen-bond donors (Lipinski definition) is 1. The van der Waals surface area contributed by atoms with Gasteiger partial charge in [0.2, 0.25) is 0 Å². The molecule has 1 aromatic carbocycles. The molecule has 1 N–H and O–H groups in total. The molecule has 1 aromatic rings. The first kappa shape index (κ1) is 14.5. The Bertz CT molecular complexity index is 359. The molecule has 0 aromatic heterocycles. The molecule has 0 bridgehead atoms. The molecule has 0 spiro atoms.